The van der Waals surface area contributed by atoms with Crippen LogP contribution >= 0.6 is 11.3 Å². The maximum absolute atomic E-state index is 11.9. The van der Waals surface area contributed by atoms with Crippen LogP contribution in [-0.2, 0) is 4.74 Å². The topological polar surface area (TPSA) is 79.4 Å². The van der Waals surface area contributed by atoms with Crippen LogP contribution in [0.3, 0.4) is 0 Å². The second-order valence-corrected chi connectivity index (χ2v) is 6.40. The van der Waals surface area contributed by atoms with Gasteiger partial charge >= 0.3 is 0 Å². The minimum absolute atomic E-state index is 0.0500. The summed E-state index contributed by atoms with van der Waals surface area (Å²) in [5, 5.41) is 7.94. The van der Waals surface area contributed by atoms with E-state index >= 15 is 0 Å². The summed E-state index contributed by atoms with van der Waals surface area (Å²) in [6, 6.07) is 5.66. The first-order valence-corrected chi connectivity index (χ1v) is 8.84. The fourth-order valence-electron chi connectivity index (χ4n) is 2.43. The molecule has 7 nitrogen and oxygen atoms in total. The SMILES string of the molecule is Cc1cc(N2CCOCC2)nc(NCCNC(=O)c2cccs2)n1. The zero-order valence-corrected chi connectivity index (χ0v) is 14.4. The molecular formula is C16H21N5O2S. The van der Waals surface area contributed by atoms with E-state index in [4.69, 9.17) is 4.74 Å². The Morgan fingerprint density at radius 2 is 2.17 bits per heavy atom. The van der Waals surface area contributed by atoms with E-state index in [0.717, 1.165) is 42.7 Å². The van der Waals surface area contributed by atoms with Gasteiger partial charge in [-0.15, -0.1) is 11.3 Å². The van der Waals surface area contributed by atoms with Crippen LogP contribution in [0.1, 0.15) is 15.4 Å². The van der Waals surface area contributed by atoms with Gasteiger partial charge in [0.2, 0.25) is 5.95 Å². The Morgan fingerprint density at radius 3 is 2.92 bits per heavy atom. The van der Waals surface area contributed by atoms with Crippen molar-refractivity contribution >= 4 is 29.0 Å². The Morgan fingerprint density at radius 1 is 1.33 bits per heavy atom. The first kappa shape index (κ1) is 16.7. The van der Waals surface area contributed by atoms with Crippen molar-refractivity contribution < 1.29 is 9.53 Å². The Kier molecular flexibility index (Phi) is 5.60. The normalized spacial score (nSPS) is 14.5. The zero-order chi connectivity index (χ0) is 16.8. The fraction of sp³-hybridized carbons (Fsp3) is 0.438. The molecule has 1 fully saturated rings. The van der Waals surface area contributed by atoms with Crippen molar-refractivity contribution in [3.05, 3.63) is 34.2 Å². The van der Waals surface area contributed by atoms with Gasteiger partial charge in [0, 0.05) is 37.9 Å². The molecule has 0 bridgehead atoms. The molecule has 1 amide bonds. The number of aromatic nitrogens is 2. The van der Waals surface area contributed by atoms with Crippen molar-refractivity contribution in [2.24, 2.45) is 0 Å². The molecule has 3 rings (SSSR count). The first-order chi connectivity index (χ1) is 11.7. The van der Waals surface area contributed by atoms with Gasteiger partial charge in [0.15, 0.2) is 0 Å². The number of ether oxygens (including phenoxy) is 1. The fourth-order valence-corrected chi connectivity index (χ4v) is 3.07. The van der Waals surface area contributed by atoms with Gasteiger partial charge in [0.1, 0.15) is 5.82 Å². The molecule has 3 heterocycles. The predicted octanol–water partition coefficient (Wildman–Crippen LogP) is 1.53. The Labute approximate surface area is 145 Å². The van der Waals surface area contributed by atoms with Crippen molar-refractivity contribution in [3.63, 3.8) is 0 Å². The van der Waals surface area contributed by atoms with E-state index in [-0.39, 0.29) is 5.91 Å². The first-order valence-electron chi connectivity index (χ1n) is 7.96. The second kappa shape index (κ2) is 8.07. The van der Waals surface area contributed by atoms with Crippen LogP contribution in [0.2, 0.25) is 0 Å². The van der Waals surface area contributed by atoms with Gasteiger partial charge in [-0.2, -0.15) is 4.98 Å². The summed E-state index contributed by atoms with van der Waals surface area (Å²) in [5.74, 6) is 1.45. The third kappa shape index (κ3) is 4.42. The summed E-state index contributed by atoms with van der Waals surface area (Å²) in [6.07, 6.45) is 0. The van der Waals surface area contributed by atoms with Crippen molar-refractivity contribution in [1.82, 2.24) is 15.3 Å². The van der Waals surface area contributed by atoms with Gasteiger partial charge in [-0.25, -0.2) is 4.98 Å². The summed E-state index contributed by atoms with van der Waals surface area (Å²) < 4.78 is 5.37. The molecule has 1 saturated heterocycles. The molecule has 2 aromatic rings. The highest BCUT2D eigenvalue weighted by atomic mass is 32.1. The summed E-state index contributed by atoms with van der Waals surface area (Å²) in [4.78, 5) is 23.7. The largest absolute Gasteiger partial charge is 0.378 e. The molecule has 128 valence electrons. The molecule has 0 radical (unpaired) electrons. The van der Waals surface area contributed by atoms with E-state index in [2.05, 4.69) is 25.5 Å². The highest BCUT2D eigenvalue weighted by Crippen LogP contribution is 2.16. The summed E-state index contributed by atoms with van der Waals surface area (Å²) in [7, 11) is 0. The monoisotopic (exact) mass is 347 g/mol. The van der Waals surface area contributed by atoms with Gasteiger partial charge in [-0.3, -0.25) is 4.79 Å². The van der Waals surface area contributed by atoms with Crippen LogP contribution in [0.4, 0.5) is 11.8 Å². The lowest BCUT2D eigenvalue weighted by Gasteiger charge is -2.28. The van der Waals surface area contributed by atoms with Crippen molar-refractivity contribution in [2.75, 3.05) is 49.6 Å². The third-order valence-corrected chi connectivity index (χ3v) is 4.48. The molecule has 2 N–H and O–H groups in total. The molecule has 0 unspecified atom stereocenters. The number of hydrogen-bond donors (Lipinski definition) is 2. The van der Waals surface area contributed by atoms with E-state index in [1.165, 1.54) is 11.3 Å². The van der Waals surface area contributed by atoms with E-state index in [0.29, 0.717) is 19.0 Å². The molecule has 2 aromatic heterocycles. The van der Waals surface area contributed by atoms with Crippen LogP contribution in [0.5, 0.6) is 0 Å². The van der Waals surface area contributed by atoms with Crippen LogP contribution in [-0.4, -0.2) is 55.3 Å². The number of aryl methyl sites for hydroxylation is 1. The number of morpholine rings is 1. The Bertz CT molecular complexity index is 671. The number of rotatable bonds is 6. The average molecular weight is 347 g/mol. The van der Waals surface area contributed by atoms with Crippen molar-refractivity contribution in [2.45, 2.75) is 6.92 Å². The highest BCUT2D eigenvalue weighted by molar-refractivity contribution is 7.12. The van der Waals surface area contributed by atoms with Crippen molar-refractivity contribution in [3.8, 4) is 0 Å². The summed E-state index contributed by atoms with van der Waals surface area (Å²) in [6.45, 7) is 6.17. The lowest BCUT2D eigenvalue weighted by Crippen LogP contribution is -2.37. The van der Waals surface area contributed by atoms with Crippen LogP contribution in [0, 0.1) is 6.92 Å². The van der Waals surface area contributed by atoms with E-state index < -0.39 is 0 Å². The minimum Gasteiger partial charge on any atom is -0.378 e. The smallest absolute Gasteiger partial charge is 0.261 e. The number of amides is 1. The predicted molar refractivity (Wildman–Crippen MR) is 94.9 cm³/mol. The van der Waals surface area contributed by atoms with Crippen LogP contribution in [0.25, 0.3) is 0 Å². The van der Waals surface area contributed by atoms with E-state index in [1.807, 2.05) is 30.5 Å². The molecule has 0 aliphatic carbocycles. The maximum atomic E-state index is 11.9. The summed E-state index contributed by atoms with van der Waals surface area (Å²) >= 11 is 1.43. The number of thiophene rings is 1. The number of anilines is 2. The number of nitrogens with zero attached hydrogens (tertiary/aromatic N) is 3. The Hall–Kier alpha value is -2.19. The number of nitrogens with one attached hydrogen (secondary N) is 2. The van der Waals surface area contributed by atoms with Gasteiger partial charge < -0.3 is 20.3 Å². The number of hydrogen-bond acceptors (Lipinski definition) is 7. The quantitative estimate of drug-likeness (QED) is 0.772. The minimum atomic E-state index is -0.0500. The van der Waals surface area contributed by atoms with Crippen molar-refractivity contribution in [1.29, 1.82) is 0 Å². The summed E-state index contributed by atoms with van der Waals surface area (Å²) in [5.41, 5.74) is 0.914. The van der Waals surface area contributed by atoms with Gasteiger partial charge in [0.25, 0.3) is 5.91 Å². The maximum Gasteiger partial charge on any atom is 0.261 e. The molecule has 0 atom stereocenters. The lowest BCUT2D eigenvalue weighted by atomic mass is 10.3. The van der Waals surface area contributed by atoms with Crippen LogP contribution < -0.4 is 15.5 Å². The van der Waals surface area contributed by atoms with E-state index in [1.54, 1.807) is 0 Å². The highest BCUT2D eigenvalue weighted by Gasteiger charge is 2.14. The lowest BCUT2D eigenvalue weighted by molar-refractivity contribution is 0.0959. The molecule has 0 aromatic carbocycles. The molecular weight excluding hydrogens is 326 g/mol. The second-order valence-electron chi connectivity index (χ2n) is 5.45. The Balaban J connectivity index is 1.51. The molecule has 0 saturated carbocycles. The van der Waals surface area contributed by atoms with Gasteiger partial charge in [-0.05, 0) is 18.4 Å². The standard InChI is InChI=1S/C16H21N5O2S/c1-12-11-14(21-6-8-23-9-7-21)20-16(19-12)18-5-4-17-15(22)13-3-2-10-24-13/h2-3,10-11H,4-9H2,1H3,(H,17,22)(H,18,19,20). The molecule has 1 aliphatic rings. The number of carbonyl (C=O) groups excluding carboxylic acids is 1. The van der Waals surface area contributed by atoms with E-state index in [9.17, 15) is 4.79 Å². The molecule has 8 heteroatoms. The average Bonchev–Trinajstić information content (AvgIpc) is 3.14. The molecule has 1 aliphatic heterocycles. The third-order valence-electron chi connectivity index (χ3n) is 3.61. The van der Waals surface area contributed by atoms with Crippen LogP contribution in [0.15, 0.2) is 23.6 Å². The van der Waals surface area contributed by atoms with Gasteiger partial charge in [-0.1, -0.05) is 6.07 Å². The van der Waals surface area contributed by atoms with Gasteiger partial charge in [0.05, 0.1) is 18.1 Å². The number of carbonyl (C=O) groups is 1. The molecule has 0 spiro atoms. The zero-order valence-electron chi connectivity index (χ0n) is 13.6. The molecule has 24 heavy (non-hydrogen) atoms.